The van der Waals surface area contributed by atoms with Gasteiger partial charge in [-0.2, -0.15) is 0 Å². The van der Waals surface area contributed by atoms with Gasteiger partial charge < -0.3 is 18.6 Å². The van der Waals surface area contributed by atoms with Crippen molar-refractivity contribution in [2.75, 3.05) is 9.80 Å². The molecule has 14 rings (SSSR count). The monoisotopic (exact) mass is 1000 g/mol. The Hall–Kier alpha value is -10.8. The molecule has 0 spiro atoms. The molecule has 0 atom stereocenters. The minimum Gasteiger partial charge on any atom is -0.416 e. The Labute approximate surface area is 448 Å². The van der Waals surface area contributed by atoms with Crippen LogP contribution in [-0.4, -0.2) is 30.4 Å². The number of anilines is 6. The third-order valence-corrected chi connectivity index (χ3v) is 14.0. The highest BCUT2D eigenvalue weighted by molar-refractivity contribution is 6.01. The highest BCUT2D eigenvalue weighted by Crippen LogP contribution is 2.43. The maximum Gasteiger partial charge on any atom is 0.248 e. The van der Waals surface area contributed by atoms with E-state index in [0.717, 1.165) is 111 Å². The third-order valence-electron chi connectivity index (χ3n) is 14.0. The van der Waals surface area contributed by atoms with Gasteiger partial charge in [-0.15, -0.1) is 20.4 Å². The van der Waals surface area contributed by atoms with Crippen LogP contribution in [-0.2, 0) is 0 Å². The van der Waals surface area contributed by atoms with E-state index in [1.165, 1.54) is 0 Å². The van der Waals surface area contributed by atoms with Crippen LogP contribution in [0.2, 0.25) is 0 Å². The van der Waals surface area contributed by atoms with E-state index in [2.05, 4.69) is 188 Å². The molecule has 0 fully saturated rings. The van der Waals surface area contributed by atoms with E-state index in [9.17, 15) is 0 Å². The zero-order chi connectivity index (χ0) is 51.8. The summed E-state index contributed by atoms with van der Waals surface area (Å²) in [6.07, 6.45) is 0. The van der Waals surface area contributed by atoms with Gasteiger partial charge in [-0.25, -0.2) is 9.97 Å². The van der Waals surface area contributed by atoms with Crippen molar-refractivity contribution in [1.82, 2.24) is 30.4 Å². The predicted molar refractivity (Wildman–Crippen MR) is 312 cm³/mol. The van der Waals surface area contributed by atoms with Crippen LogP contribution in [0.25, 0.3) is 101 Å². The minimum absolute atomic E-state index is 0.455. The quantitative estimate of drug-likeness (QED) is 0.117. The normalized spacial score (nSPS) is 11.3. The molecule has 14 aromatic rings. The molecule has 0 N–H and O–H groups in total. The second kappa shape index (κ2) is 19.8. The summed E-state index contributed by atoms with van der Waals surface area (Å²) < 4.78 is 12.3. The summed E-state index contributed by atoms with van der Waals surface area (Å²) >= 11 is 0. The van der Waals surface area contributed by atoms with Gasteiger partial charge in [0.2, 0.25) is 23.6 Å². The molecule has 0 aliphatic rings. The van der Waals surface area contributed by atoms with Crippen molar-refractivity contribution in [2.45, 2.75) is 0 Å². The van der Waals surface area contributed by atoms with E-state index in [1.54, 1.807) is 0 Å². The van der Waals surface area contributed by atoms with E-state index < -0.39 is 0 Å². The number of aromatic nitrogens is 6. The molecule has 0 aliphatic carbocycles. The Morgan fingerprint density at radius 2 is 0.538 bits per heavy atom. The van der Waals surface area contributed by atoms with E-state index in [0.29, 0.717) is 23.6 Å². The Balaban J connectivity index is 0.824. The number of benzene rings is 11. The maximum atomic E-state index is 6.15. The summed E-state index contributed by atoms with van der Waals surface area (Å²) in [5, 5.41) is 22.0. The largest absolute Gasteiger partial charge is 0.416 e. The molecule has 368 valence electrons. The number of rotatable bonds is 12. The first-order valence-electron chi connectivity index (χ1n) is 25.7. The molecule has 10 heteroatoms. The molecule has 3 aromatic heterocycles. The van der Waals surface area contributed by atoms with Gasteiger partial charge in [0.25, 0.3) is 0 Å². The highest BCUT2D eigenvalue weighted by atomic mass is 16.4. The molecule has 3 heterocycles. The van der Waals surface area contributed by atoms with E-state index in [4.69, 9.17) is 18.8 Å². The molecule has 0 amide bonds. The third kappa shape index (κ3) is 8.64. The first kappa shape index (κ1) is 45.7. The zero-order valence-corrected chi connectivity index (χ0v) is 41.8. The molecular formula is C68H44N8O2. The van der Waals surface area contributed by atoms with Crippen molar-refractivity contribution < 1.29 is 8.83 Å². The van der Waals surface area contributed by atoms with Crippen LogP contribution in [0.1, 0.15) is 0 Å². The summed E-state index contributed by atoms with van der Waals surface area (Å²) in [7, 11) is 0. The first-order chi connectivity index (χ1) is 38.6. The second-order valence-electron chi connectivity index (χ2n) is 18.8. The fraction of sp³-hybridized carbons (Fsp3) is 0. The fourth-order valence-corrected chi connectivity index (χ4v) is 10.2. The van der Waals surface area contributed by atoms with Crippen LogP contribution in [0.5, 0.6) is 0 Å². The molecule has 10 nitrogen and oxygen atoms in total. The van der Waals surface area contributed by atoms with Crippen LogP contribution in [0, 0.1) is 0 Å². The molecule has 0 unspecified atom stereocenters. The van der Waals surface area contributed by atoms with E-state index in [1.807, 2.05) is 109 Å². The molecular weight excluding hydrogens is 961 g/mol. The van der Waals surface area contributed by atoms with Crippen molar-refractivity contribution in [2.24, 2.45) is 0 Å². The zero-order valence-electron chi connectivity index (χ0n) is 41.8. The topological polar surface area (TPSA) is 110 Å². The Bertz CT molecular complexity index is 4130. The predicted octanol–water partition coefficient (Wildman–Crippen LogP) is 17.6. The number of nitrogens with zero attached hydrogens (tertiary/aromatic N) is 8. The van der Waals surface area contributed by atoms with Crippen molar-refractivity contribution in [3.63, 3.8) is 0 Å². The van der Waals surface area contributed by atoms with Crippen molar-refractivity contribution in [1.29, 1.82) is 0 Å². The average molecular weight is 1010 g/mol. The molecule has 0 radical (unpaired) electrons. The van der Waals surface area contributed by atoms with E-state index in [-0.39, 0.29) is 0 Å². The number of hydrogen-bond donors (Lipinski definition) is 0. The Morgan fingerprint density at radius 3 is 0.910 bits per heavy atom. The lowest BCUT2D eigenvalue weighted by molar-refractivity contribution is 0.584. The van der Waals surface area contributed by atoms with Crippen LogP contribution in [0.3, 0.4) is 0 Å². The molecule has 0 aliphatic heterocycles. The number of para-hydroxylation sites is 2. The van der Waals surface area contributed by atoms with Crippen LogP contribution in [0.4, 0.5) is 34.1 Å². The maximum absolute atomic E-state index is 6.15. The summed E-state index contributed by atoms with van der Waals surface area (Å²) in [5.41, 5.74) is 14.4. The van der Waals surface area contributed by atoms with Crippen molar-refractivity contribution in [3.05, 3.63) is 267 Å². The Morgan fingerprint density at radius 1 is 0.244 bits per heavy atom. The highest BCUT2D eigenvalue weighted by Gasteiger charge is 2.22. The van der Waals surface area contributed by atoms with Gasteiger partial charge in [-0.05, 0) is 132 Å². The smallest absolute Gasteiger partial charge is 0.248 e. The van der Waals surface area contributed by atoms with Crippen LogP contribution >= 0.6 is 0 Å². The van der Waals surface area contributed by atoms with Gasteiger partial charge in [0.05, 0.1) is 33.8 Å². The lowest BCUT2D eigenvalue weighted by atomic mass is 10.0. The molecule has 78 heavy (non-hydrogen) atoms. The molecule has 11 aromatic carbocycles. The molecule has 0 saturated carbocycles. The lowest BCUT2D eigenvalue weighted by Crippen LogP contribution is -2.10. The van der Waals surface area contributed by atoms with Gasteiger partial charge in [0, 0.05) is 66.9 Å². The van der Waals surface area contributed by atoms with Gasteiger partial charge in [0.15, 0.2) is 0 Å². The van der Waals surface area contributed by atoms with Crippen LogP contribution in [0.15, 0.2) is 276 Å². The van der Waals surface area contributed by atoms with Crippen molar-refractivity contribution in [3.8, 4) is 68.3 Å². The van der Waals surface area contributed by atoms with Gasteiger partial charge in [-0.1, -0.05) is 146 Å². The average Bonchev–Trinajstić information content (AvgIpc) is 4.32. The SMILES string of the molecule is c1ccc(-c2nnc(-c3ccc(N(c4ccc(-c5nc6ccccc6nc5-c5ccc(N(c6ccc(-c7nnc(-c8ccccc8)o7)cc6)c6cccc7ccccc67)cc5)cc4)c4cccc5ccccc45)cc3)o2)cc1. The standard InChI is InChI=1S/C68H44N8O2/c1-3-17-49(18-4-1)65-71-73-67(77-65)51-33-41-55(42-34-51)75(61-27-13-21-45-15-7-9-23-57(45)61)53-37-29-47(30-38-53)63-64(70-60-26-12-11-25-59(60)69-63)48-31-39-54(40-32-48)76(62-28-14-22-46-16-8-10-24-58(46)62)56-43-35-52(36-44-56)68-74-72-66(78-68)50-19-5-2-6-20-50/h1-44H. The van der Waals surface area contributed by atoms with Crippen molar-refractivity contribution >= 4 is 66.7 Å². The minimum atomic E-state index is 0.455. The van der Waals surface area contributed by atoms with Gasteiger partial charge in [0.1, 0.15) is 0 Å². The number of hydrogen-bond acceptors (Lipinski definition) is 10. The fourth-order valence-electron chi connectivity index (χ4n) is 10.2. The lowest BCUT2D eigenvalue weighted by Gasteiger charge is -2.27. The Kier molecular flexibility index (Phi) is 11.6. The first-order valence-corrected chi connectivity index (χ1v) is 25.7. The molecule has 0 saturated heterocycles. The number of fused-ring (bicyclic) bond motifs is 3. The van der Waals surface area contributed by atoms with E-state index >= 15 is 0 Å². The van der Waals surface area contributed by atoms with Crippen LogP contribution < -0.4 is 9.80 Å². The summed E-state index contributed by atoms with van der Waals surface area (Å²) in [4.78, 5) is 15.2. The summed E-state index contributed by atoms with van der Waals surface area (Å²) in [5.74, 6) is 1.86. The van der Waals surface area contributed by atoms with Gasteiger partial charge >= 0.3 is 0 Å². The summed E-state index contributed by atoms with van der Waals surface area (Å²) in [6.45, 7) is 0. The van der Waals surface area contributed by atoms with Gasteiger partial charge in [-0.3, -0.25) is 0 Å². The second-order valence-corrected chi connectivity index (χ2v) is 18.8. The summed E-state index contributed by atoms with van der Waals surface area (Å²) in [6, 6.07) is 91.2. The molecule has 0 bridgehead atoms.